The minimum atomic E-state index is 0.0160. The molecular weight excluding hydrogens is 394 g/mol. The Morgan fingerprint density at radius 2 is 1.38 bits per heavy atom. The molecule has 0 spiro atoms. The van der Waals surface area contributed by atoms with E-state index in [0.29, 0.717) is 19.5 Å². The highest BCUT2D eigenvalue weighted by molar-refractivity contribution is 5.94. The van der Waals surface area contributed by atoms with E-state index in [9.17, 15) is 4.79 Å². The average molecular weight is 424 g/mol. The minimum absolute atomic E-state index is 0.0160. The Hall–Kier alpha value is -3.85. The summed E-state index contributed by atoms with van der Waals surface area (Å²) < 4.78 is 5.26. The lowest BCUT2D eigenvalue weighted by molar-refractivity contribution is -0.128. The van der Waals surface area contributed by atoms with E-state index < -0.39 is 0 Å². The molecule has 3 nitrogen and oxygen atoms in total. The summed E-state index contributed by atoms with van der Waals surface area (Å²) in [6.07, 6.45) is 7.83. The monoisotopic (exact) mass is 423 g/mol. The Morgan fingerprint density at radius 1 is 0.812 bits per heavy atom. The van der Waals surface area contributed by atoms with E-state index in [1.54, 1.807) is 13.2 Å². The Kier molecular flexibility index (Phi) is 8.64. The first-order chi connectivity index (χ1) is 15.7. The molecule has 0 radical (unpaired) electrons. The molecule has 0 fully saturated rings. The molecule has 0 aliphatic rings. The largest absolute Gasteiger partial charge is 0.497 e. The van der Waals surface area contributed by atoms with Crippen molar-refractivity contribution < 1.29 is 9.53 Å². The molecule has 0 unspecified atom stereocenters. The zero-order valence-electron chi connectivity index (χ0n) is 18.5. The first-order valence-corrected chi connectivity index (χ1v) is 10.7. The predicted octanol–water partition coefficient (Wildman–Crippen LogP) is 6.14. The molecule has 3 aromatic rings. The summed E-state index contributed by atoms with van der Waals surface area (Å²) in [7, 11) is 1.65. The summed E-state index contributed by atoms with van der Waals surface area (Å²) >= 11 is 0. The number of amides is 1. The molecule has 0 heterocycles. The smallest absolute Gasteiger partial charge is 0.250 e. The zero-order chi connectivity index (χ0) is 22.6. The summed E-state index contributed by atoms with van der Waals surface area (Å²) in [5, 5.41) is 0. The van der Waals surface area contributed by atoms with Gasteiger partial charge in [-0.15, -0.1) is 0 Å². The van der Waals surface area contributed by atoms with Gasteiger partial charge in [0.1, 0.15) is 5.75 Å². The van der Waals surface area contributed by atoms with Gasteiger partial charge in [-0.3, -0.25) is 4.79 Å². The number of benzene rings is 3. The van der Waals surface area contributed by atoms with Crippen LogP contribution in [0.2, 0.25) is 0 Å². The standard InChI is InChI=1S/C29H29NO2/c1-3-4-7-16-27(21-24-17-19-28(32-2)20-18-24)29(31)30(22-25-12-8-5-9-13-25)23-26-14-10-6-11-15-26/h3-20H,1,21-23H2,2H3/b7-4-,27-16+. The second-order valence-corrected chi connectivity index (χ2v) is 7.47. The Balaban J connectivity index is 1.90. The van der Waals surface area contributed by atoms with Crippen LogP contribution in [-0.4, -0.2) is 17.9 Å². The van der Waals surface area contributed by atoms with Crippen LogP contribution in [0.1, 0.15) is 16.7 Å². The second kappa shape index (κ2) is 12.1. The number of carbonyl (C=O) groups is 1. The van der Waals surface area contributed by atoms with Gasteiger partial charge in [0.2, 0.25) is 0 Å². The molecule has 0 N–H and O–H groups in total. The molecule has 3 aromatic carbocycles. The van der Waals surface area contributed by atoms with Crippen LogP contribution in [0.3, 0.4) is 0 Å². The lowest BCUT2D eigenvalue weighted by Gasteiger charge is -2.24. The van der Waals surface area contributed by atoms with Crippen LogP contribution in [0.5, 0.6) is 5.75 Å². The van der Waals surface area contributed by atoms with E-state index >= 15 is 0 Å². The third kappa shape index (κ3) is 6.85. The number of ether oxygens (including phenoxy) is 1. The zero-order valence-corrected chi connectivity index (χ0v) is 18.5. The number of hydrogen-bond donors (Lipinski definition) is 0. The van der Waals surface area contributed by atoms with Crippen molar-refractivity contribution in [3.8, 4) is 5.75 Å². The van der Waals surface area contributed by atoms with E-state index in [-0.39, 0.29) is 5.91 Å². The highest BCUT2D eigenvalue weighted by Gasteiger charge is 2.19. The van der Waals surface area contributed by atoms with Gasteiger partial charge in [0, 0.05) is 25.1 Å². The van der Waals surface area contributed by atoms with Gasteiger partial charge < -0.3 is 9.64 Å². The molecule has 0 atom stereocenters. The molecule has 0 saturated carbocycles. The average Bonchev–Trinajstić information content (AvgIpc) is 2.84. The fourth-order valence-corrected chi connectivity index (χ4v) is 3.43. The van der Waals surface area contributed by atoms with Crippen LogP contribution < -0.4 is 4.74 Å². The quantitative estimate of drug-likeness (QED) is 0.290. The van der Waals surface area contributed by atoms with E-state index in [1.165, 1.54) is 0 Å². The van der Waals surface area contributed by atoms with Crippen molar-refractivity contribution in [2.45, 2.75) is 19.5 Å². The molecule has 0 aromatic heterocycles. The maximum atomic E-state index is 13.7. The molecule has 0 aliphatic carbocycles. The topological polar surface area (TPSA) is 29.5 Å². The van der Waals surface area contributed by atoms with Crippen molar-refractivity contribution in [2.24, 2.45) is 0 Å². The third-order valence-electron chi connectivity index (χ3n) is 5.09. The van der Waals surface area contributed by atoms with E-state index in [0.717, 1.165) is 28.0 Å². The van der Waals surface area contributed by atoms with Gasteiger partial charge in [-0.05, 0) is 28.8 Å². The fourth-order valence-electron chi connectivity index (χ4n) is 3.43. The van der Waals surface area contributed by atoms with Gasteiger partial charge in [-0.1, -0.05) is 104 Å². The van der Waals surface area contributed by atoms with E-state index in [4.69, 9.17) is 4.74 Å². The summed E-state index contributed by atoms with van der Waals surface area (Å²) in [4.78, 5) is 15.7. The second-order valence-electron chi connectivity index (χ2n) is 7.47. The van der Waals surface area contributed by atoms with Crippen LogP contribution >= 0.6 is 0 Å². The SMILES string of the molecule is C=C/C=C\C=C(/Cc1ccc(OC)cc1)C(=O)N(Cc1ccccc1)Cc1ccccc1. The van der Waals surface area contributed by atoms with Crippen LogP contribution in [0.15, 0.2) is 121 Å². The highest BCUT2D eigenvalue weighted by atomic mass is 16.5. The van der Waals surface area contributed by atoms with Crippen LogP contribution in [-0.2, 0) is 24.3 Å². The van der Waals surface area contributed by atoms with Crippen LogP contribution in [0.25, 0.3) is 0 Å². The maximum Gasteiger partial charge on any atom is 0.250 e. The number of methoxy groups -OCH3 is 1. The minimum Gasteiger partial charge on any atom is -0.497 e. The van der Waals surface area contributed by atoms with Crippen molar-refractivity contribution in [2.75, 3.05) is 7.11 Å². The summed E-state index contributed by atoms with van der Waals surface area (Å²) in [5.74, 6) is 0.814. The van der Waals surface area contributed by atoms with Gasteiger partial charge >= 0.3 is 0 Å². The van der Waals surface area contributed by atoms with Crippen molar-refractivity contribution >= 4 is 5.91 Å². The van der Waals surface area contributed by atoms with Crippen molar-refractivity contribution in [3.05, 3.63) is 138 Å². The maximum absolute atomic E-state index is 13.7. The predicted molar refractivity (Wildman–Crippen MR) is 131 cm³/mol. The lowest BCUT2D eigenvalue weighted by atomic mass is 10.0. The molecule has 0 saturated heterocycles. The highest BCUT2D eigenvalue weighted by Crippen LogP contribution is 2.19. The van der Waals surface area contributed by atoms with Crippen molar-refractivity contribution in [3.63, 3.8) is 0 Å². The molecule has 3 rings (SSSR count). The molecule has 32 heavy (non-hydrogen) atoms. The normalized spacial score (nSPS) is 11.3. The van der Waals surface area contributed by atoms with Gasteiger partial charge in [0.05, 0.1) is 7.11 Å². The van der Waals surface area contributed by atoms with Crippen molar-refractivity contribution in [1.82, 2.24) is 4.90 Å². The van der Waals surface area contributed by atoms with Crippen LogP contribution in [0, 0.1) is 0 Å². The van der Waals surface area contributed by atoms with Gasteiger partial charge in [0.15, 0.2) is 0 Å². The number of carbonyl (C=O) groups excluding carboxylic acids is 1. The lowest BCUT2D eigenvalue weighted by Crippen LogP contribution is -2.32. The third-order valence-corrected chi connectivity index (χ3v) is 5.09. The fraction of sp³-hybridized carbons (Fsp3) is 0.138. The Labute approximate surface area is 191 Å². The number of nitrogens with zero attached hydrogens (tertiary/aromatic N) is 1. The van der Waals surface area contributed by atoms with Crippen molar-refractivity contribution in [1.29, 1.82) is 0 Å². The summed E-state index contributed by atoms with van der Waals surface area (Å²) in [6, 6.07) is 28.0. The Morgan fingerprint density at radius 3 is 1.88 bits per heavy atom. The molecule has 1 amide bonds. The number of hydrogen-bond acceptors (Lipinski definition) is 2. The Bertz CT molecular complexity index is 1010. The van der Waals surface area contributed by atoms with Gasteiger partial charge in [-0.25, -0.2) is 0 Å². The van der Waals surface area contributed by atoms with E-state index in [1.807, 2.05) is 83.8 Å². The number of allylic oxidation sites excluding steroid dienone is 4. The first kappa shape index (κ1) is 22.8. The molecule has 162 valence electrons. The van der Waals surface area contributed by atoms with E-state index in [2.05, 4.69) is 30.8 Å². The first-order valence-electron chi connectivity index (χ1n) is 10.7. The summed E-state index contributed by atoms with van der Waals surface area (Å²) in [5.41, 5.74) is 3.97. The summed E-state index contributed by atoms with van der Waals surface area (Å²) in [6.45, 7) is 4.81. The number of rotatable bonds is 10. The van der Waals surface area contributed by atoms with Gasteiger partial charge in [-0.2, -0.15) is 0 Å². The molecule has 0 aliphatic heterocycles. The van der Waals surface area contributed by atoms with Gasteiger partial charge in [0.25, 0.3) is 5.91 Å². The molecule has 0 bridgehead atoms. The molecular formula is C29H29NO2. The molecule has 3 heteroatoms. The van der Waals surface area contributed by atoms with Crippen LogP contribution in [0.4, 0.5) is 0 Å².